The molecule has 2 aromatic heterocycles. The summed E-state index contributed by atoms with van der Waals surface area (Å²) in [5.41, 5.74) is 4.99. The maximum Gasteiger partial charge on any atom is 0.191 e. The molecule has 30 heavy (non-hydrogen) atoms. The first-order valence-corrected chi connectivity index (χ1v) is 9.92. The lowest BCUT2D eigenvalue weighted by Gasteiger charge is -2.12. The van der Waals surface area contributed by atoms with Gasteiger partial charge in [0.2, 0.25) is 0 Å². The third kappa shape index (κ3) is 4.35. The molecule has 0 aliphatic heterocycles. The zero-order chi connectivity index (χ0) is 20.9. The van der Waals surface area contributed by atoms with E-state index in [1.54, 1.807) is 36.4 Å². The predicted molar refractivity (Wildman–Crippen MR) is 118 cm³/mol. The van der Waals surface area contributed by atoms with Crippen molar-refractivity contribution in [3.8, 4) is 5.69 Å². The first-order valence-electron chi connectivity index (χ1n) is 9.92. The normalized spacial score (nSPS) is 11.8. The molecule has 0 fully saturated rings. The highest BCUT2D eigenvalue weighted by molar-refractivity contribution is 5.84. The molecule has 7 heteroatoms. The average Bonchev–Trinajstić information content (AvgIpc) is 3.40. The van der Waals surface area contributed by atoms with Crippen LogP contribution in [0.2, 0.25) is 0 Å². The molecule has 3 N–H and O–H groups in total. The Labute approximate surface area is 174 Å². The van der Waals surface area contributed by atoms with E-state index in [0.29, 0.717) is 18.2 Å². The van der Waals surface area contributed by atoms with E-state index < -0.39 is 0 Å². The van der Waals surface area contributed by atoms with Crippen molar-refractivity contribution >= 4 is 16.9 Å². The fraction of sp³-hybridized carbons (Fsp3) is 0.217. The number of rotatable bonds is 6. The number of aliphatic imine (C=N–C) groups is 1. The monoisotopic (exact) mass is 404 g/mol. The Morgan fingerprint density at radius 2 is 2.10 bits per heavy atom. The van der Waals surface area contributed by atoms with Crippen LogP contribution in [0, 0.1) is 12.7 Å². The number of halogens is 1. The smallest absolute Gasteiger partial charge is 0.191 e. The zero-order valence-electron chi connectivity index (χ0n) is 17.1. The van der Waals surface area contributed by atoms with Gasteiger partial charge in [0, 0.05) is 49.6 Å². The van der Waals surface area contributed by atoms with Gasteiger partial charge in [-0.2, -0.15) is 0 Å². The largest absolute Gasteiger partial charge is 0.361 e. The number of fused-ring (bicyclic) bond motifs is 1. The number of aryl methyl sites for hydroxylation is 1. The van der Waals surface area contributed by atoms with E-state index in [0.717, 1.165) is 24.0 Å². The van der Waals surface area contributed by atoms with Crippen molar-refractivity contribution in [3.63, 3.8) is 0 Å². The Hall–Kier alpha value is -3.61. The van der Waals surface area contributed by atoms with Crippen LogP contribution in [0.1, 0.15) is 16.7 Å². The molecule has 0 saturated heterocycles. The highest BCUT2D eigenvalue weighted by atomic mass is 19.1. The summed E-state index contributed by atoms with van der Waals surface area (Å²) in [6.45, 7) is 3.32. The highest BCUT2D eigenvalue weighted by Crippen LogP contribution is 2.19. The van der Waals surface area contributed by atoms with E-state index in [9.17, 15) is 4.39 Å². The molecule has 0 amide bonds. The SMILES string of the molecule is CN=C(NCCc1c[nH]c2cc(C)ccc12)NCc1ccc(-n2ccnc2)c(F)c1. The van der Waals surface area contributed by atoms with E-state index in [2.05, 4.69) is 56.9 Å². The van der Waals surface area contributed by atoms with Gasteiger partial charge in [-0.25, -0.2) is 9.37 Å². The molecule has 0 radical (unpaired) electrons. The van der Waals surface area contributed by atoms with Crippen molar-refractivity contribution in [3.05, 3.63) is 83.8 Å². The topological polar surface area (TPSA) is 70.0 Å². The van der Waals surface area contributed by atoms with E-state index >= 15 is 0 Å². The third-order valence-corrected chi connectivity index (χ3v) is 5.09. The van der Waals surface area contributed by atoms with E-state index in [4.69, 9.17) is 0 Å². The van der Waals surface area contributed by atoms with Gasteiger partial charge in [0.1, 0.15) is 5.82 Å². The van der Waals surface area contributed by atoms with Crippen LogP contribution < -0.4 is 10.6 Å². The maximum atomic E-state index is 14.4. The van der Waals surface area contributed by atoms with Crippen LogP contribution in [0.5, 0.6) is 0 Å². The first-order chi connectivity index (χ1) is 14.6. The van der Waals surface area contributed by atoms with Crippen molar-refractivity contribution in [2.75, 3.05) is 13.6 Å². The van der Waals surface area contributed by atoms with Crippen LogP contribution in [0.25, 0.3) is 16.6 Å². The van der Waals surface area contributed by atoms with Gasteiger partial charge < -0.3 is 20.2 Å². The van der Waals surface area contributed by atoms with Crippen molar-refractivity contribution in [1.82, 2.24) is 25.2 Å². The molecular formula is C23H25FN6. The van der Waals surface area contributed by atoms with Crippen molar-refractivity contribution in [2.45, 2.75) is 19.9 Å². The average molecular weight is 404 g/mol. The lowest BCUT2D eigenvalue weighted by molar-refractivity contribution is 0.615. The molecular weight excluding hydrogens is 379 g/mol. The first kappa shape index (κ1) is 19.7. The standard InChI is InChI=1S/C23H25FN6/c1-16-3-5-19-18(14-28-21(19)11-16)7-8-27-23(25-2)29-13-17-4-6-22(20(24)12-17)30-10-9-26-15-30/h3-6,9-12,14-15,28H,7-8,13H2,1-2H3,(H2,25,27,29). The van der Waals surface area contributed by atoms with E-state index in [1.807, 2.05) is 6.07 Å². The summed E-state index contributed by atoms with van der Waals surface area (Å²) >= 11 is 0. The van der Waals surface area contributed by atoms with Crippen LogP contribution in [0.4, 0.5) is 4.39 Å². The van der Waals surface area contributed by atoms with Gasteiger partial charge in [0.25, 0.3) is 0 Å². The number of guanidine groups is 1. The molecule has 0 aliphatic rings. The van der Waals surface area contributed by atoms with E-state index in [1.165, 1.54) is 22.6 Å². The van der Waals surface area contributed by atoms with Gasteiger partial charge in [-0.3, -0.25) is 4.99 Å². The molecule has 2 aromatic carbocycles. The summed E-state index contributed by atoms with van der Waals surface area (Å²) in [4.78, 5) is 11.5. The predicted octanol–water partition coefficient (Wildman–Crippen LogP) is 3.71. The Bertz CT molecular complexity index is 1160. The maximum absolute atomic E-state index is 14.4. The molecule has 0 bridgehead atoms. The summed E-state index contributed by atoms with van der Waals surface area (Å²) in [6.07, 6.45) is 7.86. The zero-order valence-corrected chi connectivity index (χ0v) is 17.1. The molecule has 154 valence electrons. The van der Waals surface area contributed by atoms with Gasteiger partial charge in [0.05, 0.1) is 12.0 Å². The number of aromatic amines is 1. The molecule has 6 nitrogen and oxygen atoms in total. The summed E-state index contributed by atoms with van der Waals surface area (Å²) in [5, 5.41) is 7.81. The summed E-state index contributed by atoms with van der Waals surface area (Å²) in [7, 11) is 1.73. The minimum atomic E-state index is -0.287. The lowest BCUT2D eigenvalue weighted by Crippen LogP contribution is -2.37. The molecule has 0 aliphatic carbocycles. The number of hydrogen-bond acceptors (Lipinski definition) is 2. The van der Waals surface area contributed by atoms with Gasteiger partial charge in [0.15, 0.2) is 5.96 Å². The Kier molecular flexibility index (Phi) is 5.79. The van der Waals surface area contributed by atoms with Gasteiger partial charge in [-0.05, 0) is 48.2 Å². The van der Waals surface area contributed by atoms with Crippen molar-refractivity contribution < 1.29 is 4.39 Å². The number of nitrogens with zero attached hydrogens (tertiary/aromatic N) is 3. The fourth-order valence-electron chi connectivity index (χ4n) is 3.50. The highest BCUT2D eigenvalue weighted by Gasteiger charge is 2.07. The summed E-state index contributed by atoms with van der Waals surface area (Å²) < 4.78 is 16.1. The third-order valence-electron chi connectivity index (χ3n) is 5.09. The number of benzene rings is 2. The lowest BCUT2D eigenvalue weighted by atomic mass is 10.1. The molecule has 0 unspecified atom stereocenters. The molecule has 2 heterocycles. The second kappa shape index (κ2) is 8.82. The van der Waals surface area contributed by atoms with Gasteiger partial charge in [-0.15, -0.1) is 0 Å². The summed E-state index contributed by atoms with van der Waals surface area (Å²) in [6, 6.07) is 11.6. The Morgan fingerprint density at radius 3 is 2.87 bits per heavy atom. The number of imidazole rings is 1. The molecule has 4 aromatic rings. The second-order valence-corrected chi connectivity index (χ2v) is 7.22. The number of hydrogen-bond donors (Lipinski definition) is 3. The Morgan fingerprint density at radius 1 is 1.20 bits per heavy atom. The molecule has 0 saturated carbocycles. The van der Waals surface area contributed by atoms with Gasteiger partial charge >= 0.3 is 0 Å². The van der Waals surface area contributed by atoms with Crippen LogP contribution in [-0.4, -0.2) is 34.1 Å². The molecule has 0 spiro atoms. The van der Waals surface area contributed by atoms with Gasteiger partial charge in [-0.1, -0.05) is 18.2 Å². The Balaban J connectivity index is 1.31. The van der Waals surface area contributed by atoms with Crippen molar-refractivity contribution in [1.29, 1.82) is 0 Å². The second-order valence-electron chi connectivity index (χ2n) is 7.22. The number of nitrogens with one attached hydrogen (secondary N) is 3. The number of H-pyrrole nitrogens is 1. The van der Waals surface area contributed by atoms with Crippen molar-refractivity contribution in [2.24, 2.45) is 4.99 Å². The minimum absolute atomic E-state index is 0.287. The van der Waals surface area contributed by atoms with E-state index in [-0.39, 0.29) is 5.82 Å². The minimum Gasteiger partial charge on any atom is -0.361 e. The molecule has 0 atom stereocenters. The van der Waals surface area contributed by atoms with Crippen LogP contribution >= 0.6 is 0 Å². The number of aromatic nitrogens is 3. The van der Waals surface area contributed by atoms with Crippen LogP contribution in [-0.2, 0) is 13.0 Å². The van der Waals surface area contributed by atoms with Crippen LogP contribution in [0.3, 0.4) is 0 Å². The fourth-order valence-corrected chi connectivity index (χ4v) is 3.50. The van der Waals surface area contributed by atoms with Crippen LogP contribution in [0.15, 0.2) is 66.3 Å². The summed E-state index contributed by atoms with van der Waals surface area (Å²) in [5.74, 6) is 0.398. The molecule has 4 rings (SSSR count). The quantitative estimate of drug-likeness (QED) is 0.339.